The molecule has 2 rings (SSSR count). The van der Waals surface area contributed by atoms with E-state index >= 15 is 0 Å². The molecular weight excluding hydrogens is 284 g/mol. The van der Waals surface area contributed by atoms with Crippen LogP contribution in [0.2, 0.25) is 0 Å². The van der Waals surface area contributed by atoms with Gasteiger partial charge in [-0.05, 0) is 24.3 Å². The molecule has 0 saturated carbocycles. The van der Waals surface area contributed by atoms with Crippen LogP contribution in [0.1, 0.15) is 10.4 Å². The summed E-state index contributed by atoms with van der Waals surface area (Å²) in [7, 11) is 3.51. The Labute approximate surface area is 122 Å². The van der Waals surface area contributed by atoms with Gasteiger partial charge in [-0.1, -0.05) is 11.8 Å². The lowest BCUT2D eigenvalue weighted by Gasteiger charge is -2.03. The molecule has 4 nitrogen and oxygen atoms in total. The van der Waals surface area contributed by atoms with E-state index in [0.717, 1.165) is 10.9 Å². The molecule has 0 aliphatic rings. The number of aromatic nitrogens is 2. The van der Waals surface area contributed by atoms with Gasteiger partial charge in [0.25, 0.3) is 0 Å². The highest BCUT2D eigenvalue weighted by atomic mass is 35.5. The van der Waals surface area contributed by atoms with Gasteiger partial charge in [0.15, 0.2) is 10.9 Å². The zero-order valence-electron chi connectivity index (χ0n) is 10.7. The zero-order valence-corrected chi connectivity index (χ0v) is 12.3. The van der Waals surface area contributed by atoms with Crippen LogP contribution in [0.5, 0.6) is 5.75 Å². The number of hydrogen-bond donors (Lipinski definition) is 0. The second kappa shape index (κ2) is 7.21. The molecule has 1 aromatic carbocycles. The van der Waals surface area contributed by atoms with E-state index in [1.165, 1.54) is 11.8 Å². The van der Waals surface area contributed by atoms with Crippen molar-refractivity contribution in [3.05, 3.63) is 42.2 Å². The second-order valence-corrected chi connectivity index (χ2v) is 4.70. The Kier molecular flexibility index (Phi) is 5.92. The number of aryl methyl sites for hydroxylation is 1. The molecule has 0 unspecified atom stereocenters. The van der Waals surface area contributed by atoms with Crippen LogP contribution in [0.15, 0.2) is 41.8 Å². The van der Waals surface area contributed by atoms with Crippen LogP contribution >= 0.6 is 24.2 Å². The fourth-order valence-electron chi connectivity index (χ4n) is 1.48. The van der Waals surface area contributed by atoms with Crippen LogP contribution in [0.25, 0.3) is 0 Å². The molecule has 0 bridgehead atoms. The first-order chi connectivity index (χ1) is 8.70. The largest absolute Gasteiger partial charge is 0.497 e. The van der Waals surface area contributed by atoms with Crippen LogP contribution in [-0.2, 0) is 7.05 Å². The van der Waals surface area contributed by atoms with Gasteiger partial charge in [-0.3, -0.25) is 4.79 Å². The number of Topliss-reactive ketones (excluding diaryl/α,β-unsaturated/α-hetero) is 1. The van der Waals surface area contributed by atoms with Crippen molar-refractivity contribution in [2.45, 2.75) is 5.16 Å². The van der Waals surface area contributed by atoms with E-state index in [1.54, 1.807) is 37.6 Å². The van der Waals surface area contributed by atoms with E-state index in [4.69, 9.17) is 4.74 Å². The van der Waals surface area contributed by atoms with Crippen molar-refractivity contribution in [2.75, 3.05) is 12.9 Å². The number of hydrogen-bond acceptors (Lipinski definition) is 4. The number of ketones is 1. The maximum Gasteiger partial charge on any atom is 0.173 e. The summed E-state index contributed by atoms with van der Waals surface area (Å²) >= 11 is 1.44. The number of ether oxygens (including phenoxy) is 1. The average Bonchev–Trinajstić information content (AvgIpc) is 2.81. The van der Waals surface area contributed by atoms with Crippen molar-refractivity contribution in [3.63, 3.8) is 0 Å². The second-order valence-electron chi connectivity index (χ2n) is 3.76. The number of halogens is 1. The van der Waals surface area contributed by atoms with Gasteiger partial charge in [-0.15, -0.1) is 12.4 Å². The molecule has 102 valence electrons. The Bertz CT molecular complexity index is 540. The van der Waals surface area contributed by atoms with E-state index < -0.39 is 0 Å². The van der Waals surface area contributed by atoms with Crippen LogP contribution < -0.4 is 4.74 Å². The molecule has 1 aromatic heterocycles. The van der Waals surface area contributed by atoms with Crippen molar-refractivity contribution in [1.29, 1.82) is 0 Å². The van der Waals surface area contributed by atoms with Gasteiger partial charge in [0.1, 0.15) is 5.75 Å². The normalized spacial score (nSPS) is 9.79. The number of carbonyl (C=O) groups is 1. The highest BCUT2D eigenvalue weighted by Gasteiger charge is 2.08. The number of methoxy groups -OCH3 is 1. The summed E-state index contributed by atoms with van der Waals surface area (Å²) in [6.07, 6.45) is 3.58. The van der Waals surface area contributed by atoms with Crippen molar-refractivity contribution < 1.29 is 9.53 Å². The lowest BCUT2D eigenvalue weighted by molar-refractivity contribution is 0.102. The Hall–Kier alpha value is -1.46. The fourth-order valence-corrected chi connectivity index (χ4v) is 2.31. The van der Waals surface area contributed by atoms with Crippen molar-refractivity contribution in [1.82, 2.24) is 9.55 Å². The third-order valence-corrected chi connectivity index (χ3v) is 3.58. The maximum absolute atomic E-state index is 12.0. The first kappa shape index (κ1) is 15.6. The third kappa shape index (κ3) is 4.01. The molecule has 19 heavy (non-hydrogen) atoms. The number of benzene rings is 1. The number of nitrogens with zero attached hydrogens (tertiary/aromatic N) is 2. The molecule has 6 heteroatoms. The molecule has 0 aliphatic carbocycles. The van der Waals surface area contributed by atoms with Crippen molar-refractivity contribution in [3.8, 4) is 5.75 Å². The number of imidazole rings is 1. The van der Waals surface area contributed by atoms with Gasteiger partial charge < -0.3 is 9.30 Å². The maximum atomic E-state index is 12.0. The number of thioether (sulfide) groups is 1. The van der Waals surface area contributed by atoms with Crippen molar-refractivity contribution >= 4 is 30.0 Å². The standard InChI is InChI=1S/C13H14N2O2S.ClH/c1-15-8-7-14-13(15)18-9-12(16)10-3-5-11(17-2)6-4-10;/h3-8H,9H2,1-2H3;1H. The summed E-state index contributed by atoms with van der Waals surface area (Å²) in [5, 5.41) is 0.844. The first-order valence-electron chi connectivity index (χ1n) is 5.48. The Morgan fingerprint density at radius 2 is 2.05 bits per heavy atom. The lowest BCUT2D eigenvalue weighted by Crippen LogP contribution is -2.03. The topological polar surface area (TPSA) is 44.1 Å². The van der Waals surface area contributed by atoms with Gasteiger partial charge in [0.2, 0.25) is 0 Å². The highest BCUT2D eigenvalue weighted by molar-refractivity contribution is 7.99. The lowest BCUT2D eigenvalue weighted by atomic mass is 10.1. The third-order valence-electron chi connectivity index (χ3n) is 2.52. The van der Waals surface area contributed by atoms with Gasteiger partial charge in [-0.2, -0.15) is 0 Å². The Morgan fingerprint density at radius 3 is 2.58 bits per heavy atom. The molecular formula is C13H15ClN2O2S. The predicted molar refractivity (Wildman–Crippen MR) is 78.5 cm³/mol. The van der Waals surface area contributed by atoms with E-state index in [-0.39, 0.29) is 18.2 Å². The predicted octanol–water partition coefficient (Wildman–Crippen LogP) is 2.83. The molecule has 2 aromatic rings. The average molecular weight is 299 g/mol. The molecule has 0 spiro atoms. The molecule has 1 heterocycles. The Balaban J connectivity index is 0.00000180. The zero-order chi connectivity index (χ0) is 13.0. The summed E-state index contributed by atoms with van der Waals surface area (Å²) < 4.78 is 6.95. The molecule has 0 saturated heterocycles. The van der Waals surface area contributed by atoms with Gasteiger partial charge >= 0.3 is 0 Å². The van der Waals surface area contributed by atoms with Gasteiger partial charge in [0.05, 0.1) is 12.9 Å². The summed E-state index contributed by atoms with van der Waals surface area (Å²) in [6.45, 7) is 0. The summed E-state index contributed by atoms with van der Waals surface area (Å²) in [5.74, 6) is 1.23. The molecule has 0 atom stereocenters. The minimum Gasteiger partial charge on any atom is -0.497 e. The number of rotatable bonds is 5. The van der Waals surface area contributed by atoms with E-state index in [1.807, 2.05) is 17.8 Å². The molecule has 0 N–H and O–H groups in total. The van der Waals surface area contributed by atoms with Crippen molar-refractivity contribution in [2.24, 2.45) is 7.05 Å². The smallest absolute Gasteiger partial charge is 0.173 e. The summed E-state index contributed by atoms with van der Waals surface area (Å²) in [4.78, 5) is 16.1. The molecule has 0 radical (unpaired) electrons. The van der Waals surface area contributed by atoms with Gasteiger partial charge in [0, 0.05) is 25.0 Å². The minimum absolute atomic E-state index is 0. The quantitative estimate of drug-likeness (QED) is 0.629. The van der Waals surface area contributed by atoms with E-state index in [0.29, 0.717) is 11.3 Å². The monoisotopic (exact) mass is 298 g/mol. The summed E-state index contributed by atoms with van der Waals surface area (Å²) in [5.41, 5.74) is 0.692. The van der Waals surface area contributed by atoms with Gasteiger partial charge in [-0.25, -0.2) is 4.98 Å². The van der Waals surface area contributed by atoms with Crippen LogP contribution in [-0.4, -0.2) is 28.2 Å². The van der Waals surface area contributed by atoms with Crippen LogP contribution in [0, 0.1) is 0 Å². The highest BCUT2D eigenvalue weighted by Crippen LogP contribution is 2.18. The SMILES string of the molecule is COc1ccc(C(=O)CSc2nccn2C)cc1.Cl. The molecule has 0 amide bonds. The van der Waals surface area contributed by atoms with E-state index in [9.17, 15) is 4.79 Å². The molecule has 0 fully saturated rings. The Morgan fingerprint density at radius 1 is 1.37 bits per heavy atom. The fraction of sp³-hybridized carbons (Fsp3) is 0.231. The van der Waals surface area contributed by atoms with Crippen LogP contribution in [0.4, 0.5) is 0 Å². The van der Waals surface area contributed by atoms with Crippen LogP contribution in [0.3, 0.4) is 0 Å². The van der Waals surface area contributed by atoms with E-state index in [2.05, 4.69) is 4.98 Å². The number of carbonyl (C=O) groups excluding carboxylic acids is 1. The first-order valence-corrected chi connectivity index (χ1v) is 6.46. The molecule has 0 aliphatic heterocycles. The minimum atomic E-state index is 0. The summed E-state index contributed by atoms with van der Waals surface area (Å²) in [6, 6.07) is 7.14.